The van der Waals surface area contributed by atoms with Gasteiger partial charge < -0.3 is 14.7 Å². The third kappa shape index (κ3) is 3.77. The van der Waals surface area contributed by atoms with Gasteiger partial charge in [-0.05, 0) is 23.8 Å². The summed E-state index contributed by atoms with van der Waals surface area (Å²) in [6.07, 6.45) is 0. The molecule has 0 amide bonds. The second-order valence-electron chi connectivity index (χ2n) is 4.64. The molecular formula is C18H19NO2. The number of hydrogen-bond acceptors (Lipinski definition) is 3. The van der Waals surface area contributed by atoms with Crippen molar-refractivity contribution in [3.8, 4) is 17.6 Å². The first-order chi connectivity index (χ1) is 10.3. The van der Waals surface area contributed by atoms with Crippen LogP contribution >= 0.6 is 0 Å². The maximum atomic E-state index is 8.85. The van der Waals surface area contributed by atoms with Crippen molar-refractivity contribution in [1.82, 2.24) is 0 Å². The predicted octanol–water partition coefficient (Wildman–Crippen LogP) is 2.68. The minimum atomic E-state index is -0.128. The van der Waals surface area contributed by atoms with E-state index in [1.807, 2.05) is 55.6 Å². The van der Waals surface area contributed by atoms with Crippen LogP contribution in [-0.4, -0.2) is 25.9 Å². The normalized spacial score (nSPS) is 9.67. The largest absolute Gasteiger partial charge is 0.495 e. The molecule has 0 radical (unpaired) electrons. The Morgan fingerprint density at radius 1 is 1.10 bits per heavy atom. The Balaban J connectivity index is 2.25. The van der Waals surface area contributed by atoms with E-state index in [0.29, 0.717) is 0 Å². The first kappa shape index (κ1) is 15.0. The SMILES string of the molecule is COc1ccccc1N(C)Cc1ccccc1C#CCO. The molecule has 2 aromatic rings. The molecule has 0 aliphatic heterocycles. The number of hydrogen-bond donors (Lipinski definition) is 1. The number of rotatable bonds is 4. The molecule has 2 aromatic carbocycles. The summed E-state index contributed by atoms with van der Waals surface area (Å²) in [6.45, 7) is 0.591. The highest BCUT2D eigenvalue weighted by atomic mass is 16.5. The zero-order valence-electron chi connectivity index (χ0n) is 12.3. The summed E-state index contributed by atoms with van der Waals surface area (Å²) in [4.78, 5) is 2.12. The van der Waals surface area contributed by atoms with Crippen LogP contribution in [0, 0.1) is 11.8 Å². The summed E-state index contributed by atoms with van der Waals surface area (Å²) < 4.78 is 5.40. The molecule has 3 heteroatoms. The van der Waals surface area contributed by atoms with Gasteiger partial charge in [0.05, 0.1) is 12.8 Å². The van der Waals surface area contributed by atoms with Gasteiger partial charge in [0.2, 0.25) is 0 Å². The molecule has 0 heterocycles. The van der Waals surface area contributed by atoms with Gasteiger partial charge in [-0.1, -0.05) is 42.2 Å². The lowest BCUT2D eigenvalue weighted by atomic mass is 10.1. The van der Waals surface area contributed by atoms with Gasteiger partial charge in [0.1, 0.15) is 12.4 Å². The second kappa shape index (κ2) is 7.37. The van der Waals surface area contributed by atoms with E-state index in [0.717, 1.165) is 29.1 Å². The van der Waals surface area contributed by atoms with Crippen LogP contribution in [0.15, 0.2) is 48.5 Å². The molecule has 1 N–H and O–H groups in total. The number of aliphatic hydroxyl groups excluding tert-OH is 1. The third-order valence-electron chi connectivity index (χ3n) is 3.22. The van der Waals surface area contributed by atoms with Gasteiger partial charge in [0.25, 0.3) is 0 Å². The summed E-state index contributed by atoms with van der Waals surface area (Å²) in [5, 5.41) is 8.85. The fraction of sp³-hybridized carbons (Fsp3) is 0.222. The van der Waals surface area contributed by atoms with Crippen molar-refractivity contribution in [3.63, 3.8) is 0 Å². The summed E-state index contributed by atoms with van der Waals surface area (Å²) in [7, 11) is 3.70. The third-order valence-corrected chi connectivity index (χ3v) is 3.22. The molecule has 0 fully saturated rings. The highest BCUT2D eigenvalue weighted by Gasteiger charge is 2.09. The molecular weight excluding hydrogens is 262 g/mol. The first-order valence-corrected chi connectivity index (χ1v) is 6.78. The van der Waals surface area contributed by atoms with Crippen LogP contribution in [0.2, 0.25) is 0 Å². The Morgan fingerprint density at radius 2 is 1.81 bits per heavy atom. The molecule has 0 aliphatic rings. The molecule has 2 rings (SSSR count). The Labute approximate surface area is 125 Å². The molecule has 3 nitrogen and oxygen atoms in total. The van der Waals surface area contributed by atoms with E-state index in [9.17, 15) is 0 Å². The van der Waals surface area contributed by atoms with Crippen LogP contribution in [-0.2, 0) is 6.54 Å². The molecule has 0 bridgehead atoms. The zero-order chi connectivity index (χ0) is 15.1. The van der Waals surface area contributed by atoms with Crippen LogP contribution in [0.1, 0.15) is 11.1 Å². The Hall–Kier alpha value is -2.44. The fourth-order valence-corrected chi connectivity index (χ4v) is 2.20. The van der Waals surface area contributed by atoms with Gasteiger partial charge in [0.15, 0.2) is 0 Å². The smallest absolute Gasteiger partial charge is 0.142 e. The lowest BCUT2D eigenvalue weighted by Crippen LogP contribution is -2.17. The molecule has 21 heavy (non-hydrogen) atoms. The lowest BCUT2D eigenvalue weighted by Gasteiger charge is -2.22. The van der Waals surface area contributed by atoms with Crippen molar-refractivity contribution in [2.24, 2.45) is 0 Å². The maximum Gasteiger partial charge on any atom is 0.142 e. The molecule has 0 saturated heterocycles. The van der Waals surface area contributed by atoms with Crippen molar-refractivity contribution in [2.75, 3.05) is 25.7 Å². The van der Waals surface area contributed by atoms with Crippen molar-refractivity contribution in [1.29, 1.82) is 0 Å². The molecule has 0 spiro atoms. The van der Waals surface area contributed by atoms with Crippen LogP contribution < -0.4 is 9.64 Å². The van der Waals surface area contributed by atoms with E-state index in [4.69, 9.17) is 9.84 Å². The second-order valence-corrected chi connectivity index (χ2v) is 4.64. The predicted molar refractivity (Wildman–Crippen MR) is 85.5 cm³/mol. The lowest BCUT2D eigenvalue weighted by molar-refractivity contribution is 0.350. The van der Waals surface area contributed by atoms with Crippen molar-refractivity contribution >= 4 is 5.69 Å². The Kier molecular flexibility index (Phi) is 5.25. The number of anilines is 1. The summed E-state index contributed by atoms with van der Waals surface area (Å²) in [5.41, 5.74) is 3.09. The highest BCUT2D eigenvalue weighted by Crippen LogP contribution is 2.28. The molecule has 108 valence electrons. The van der Waals surface area contributed by atoms with Gasteiger partial charge in [-0.25, -0.2) is 0 Å². The molecule has 0 unspecified atom stereocenters. The molecule has 0 atom stereocenters. The Bertz CT molecular complexity index is 656. The van der Waals surface area contributed by atoms with E-state index in [1.165, 1.54) is 0 Å². The van der Waals surface area contributed by atoms with Crippen LogP contribution in [0.3, 0.4) is 0 Å². The quantitative estimate of drug-likeness (QED) is 0.875. The van der Waals surface area contributed by atoms with Gasteiger partial charge in [-0.3, -0.25) is 0 Å². The topological polar surface area (TPSA) is 32.7 Å². The molecule has 0 saturated carbocycles. The summed E-state index contributed by atoms with van der Waals surface area (Å²) in [5.74, 6) is 6.54. The van der Waals surface area contributed by atoms with Crippen molar-refractivity contribution in [2.45, 2.75) is 6.54 Å². The highest BCUT2D eigenvalue weighted by molar-refractivity contribution is 5.58. The number of ether oxygens (including phenoxy) is 1. The summed E-state index contributed by atoms with van der Waals surface area (Å²) in [6, 6.07) is 15.9. The van der Waals surface area contributed by atoms with Gasteiger partial charge >= 0.3 is 0 Å². The minimum absolute atomic E-state index is 0.128. The Morgan fingerprint density at radius 3 is 2.57 bits per heavy atom. The number of para-hydroxylation sites is 2. The molecule has 0 aliphatic carbocycles. The van der Waals surface area contributed by atoms with Crippen molar-refractivity contribution in [3.05, 3.63) is 59.7 Å². The van der Waals surface area contributed by atoms with E-state index in [2.05, 4.69) is 16.7 Å². The summed E-state index contributed by atoms with van der Waals surface area (Å²) >= 11 is 0. The van der Waals surface area contributed by atoms with Gasteiger partial charge in [-0.15, -0.1) is 0 Å². The fourth-order valence-electron chi connectivity index (χ4n) is 2.20. The first-order valence-electron chi connectivity index (χ1n) is 6.78. The van der Waals surface area contributed by atoms with Crippen LogP contribution in [0.5, 0.6) is 5.75 Å². The van der Waals surface area contributed by atoms with E-state index in [1.54, 1.807) is 7.11 Å². The number of aliphatic hydroxyl groups is 1. The molecule has 0 aromatic heterocycles. The maximum absolute atomic E-state index is 8.85. The van der Waals surface area contributed by atoms with Crippen molar-refractivity contribution < 1.29 is 9.84 Å². The average Bonchev–Trinajstić information content (AvgIpc) is 2.54. The van der Waals surface area contributed by atoms with Gasteiger partial charge in [0, 0.05) is 19.2 Å². The van der Waals surface area contributed by atoms with E-state index < -0.39 is 0 Å². The zero-order valence-corrected chi connectivity index (χ0v) is 12.3. The monoisotopic (exact) mass is 281 g/mol. The average molecular weight is 281 g/mol. The van der Waals surface area contributed by atoms with Crippen LogP contribution in [0.25, 0.3) is 0 Å². The minimum Gasteiger partial charge on any atom is -0.495 e. The van der Waals surface area contributed by atoms with E-state index in [-0.39, 0.29) is 6.61 Å². The standard InChI is InChI=1S/C18H19NO2/c1-19(17-11-5-6-12-18(17)21-2)14-16-9-4-3-8-15(16)10-7-13-20/h3-6,8-9,11-12,20H,13-14H2,1-2H3. The number of methoxy groups -OCH3 is 1. The van der Waals surface area contributed by atoms with E-state index >= 15 is 0 Å². The van der Waals surface area contributed by atoms with Crippen LogP contribution in [0.4, 0.5) is 5.69 Å². The number of benzene rings is 2. The van der Waals surface area contributed by atoms with Gasteiger partial charge in [-0.2, -0.15) is 0 Å². The number of nitrogens with zero attached hydrogens (tertiary/aromatic N) is 1.